The lowest BCUT2D eigenvalue weighted by molar-refractivity contribution is 0.416. The normalized spacial score (nSPS) is 10.7. The van der Waals surface area contributed by atoms with Crippen LogP contribution in [0.4, 0.5) is 0 Å². The lowest BCUT2D eigenvalue weighted by Gasteiger charge is -2.06. The first kappa shape index (κ1) is 16.6. The molecule has 0 radical (unpaired) electrons. The van der Waals surface area contributed by atoms with E-state index >= 15 is 0 Å². The Labute approximate surface area is 155 Å². The van der Waals surface area contributed by atoms with Gasteiger partial charge in [-0.05, 0) is 31.2 Å². The van der Waals surface area contributed by atoms with E-state index in [1.165, 1.54) is 10.6 Å². The number of aromatic nitrogens is 3. The van der Waals surface area contributed by atoms with E-state index in [1.807, 2.05) is 31.2 Å². The third-order valence-corrected chi connectivity index (χ3v) is 4.54. The lowest BCUT2D eigenvalue weighted by Crippen LogP contribution is -2.14. The fourth-order valence-corrected chi connectivity index (χ4v) is 3.13. The zero-order valence-electron chi connectivity index (χ0n) is 14.9. The van der Waals surface area contributed by atoms with E-state index in [0.717, 1.165) is 22.4 Å². The number of nitriles is 1. The topological polar surface area (TPSA) is 83.2 Å². The second-order valence-corrected chi connectivity index (χ2v) is 6.14. The van der Waals surface area contributed by atoms with E-state index < -0.39 is 0 Å². The Hall–Kier alpha value is -3.85. The van der Waals surface area contributed by atoms with E-state index in [2.05, 4.69) is 16.2 Å². The van der Waals surface area contributed by atoms with Crippen molar-refractivity contribution >= 4 is 5.65 Å². The molecule has 0 atom stereocenters. The largest absolute Gasteiger partial charge is 0.496 e. The van der Waals surface area contributed by atoms with Crippen LogP contribution in [0.25, 0.3) is 28.2 Å². The van der Waals surface area contributed by atoms with Gasteiger partial charge in [-0.2, -0.15) is 5.26 Å². The minimum absolute atomic E-state index is 0.205. The standard InChI is InChI=1S/C21H16N4O2/c1-13-20(16-5-3-4-6-18(16)27-2)24-25-19(26)11-17(23-21(13)25)15-9-7-14(12-22)8-10-15/h3-11,24H,1-2H3. The van der Waals surface area contributed by atoms with Crippen LogP contribution in [-0.2, 0) is 0 Å². The second kappa shape index (κ2) is 6.46. The van der Waals surface area contributed by atoms with Crippen LogP contribution in [0.2, 0.25) is 0 Å². The molecule has 2 heterocycles. The van der Waals surface area contributed by atoms with Gasteiger partial charge in [0.15, 0.2) is 5.65 Å². The number of nitrogens with one attached hydrogen (secondary N) is 1. The molecule has 0 unspecified atom stereocenters. The van der Waals surface area contributed by atoms with Crippen LogP contribution >= 0.6 is 0 Å². The molecule has 0 bridgehead atoms. The Morgan fingerprint density at radius 3 is 2.59 bits per heavy atom. The average Bonchev–Trinajstić information content (AvgIpc) is 3.05. The minimum Gasteiger partial charge on any atom is -0.496 e. The summed E-state index contributed by atoms with van der Waals surface area (Å²) in [7, 11) is 1.62. The summed E-state index contributed by atoms with van der Waals surface area (Å²) < 4.78 is 6.88. The van der Waals surface area contributed by atoms with Gasteiger partial charge in [0, 0.05) is 22.8 Å². The predicted octanol–water partition coefficient (Wildman–Crippen LogP) is 3.55. The van der Waals surface area contributed by atoms with Crippen LogP contribution in [0.15, 0.2) is 59.4 Å². The first-order valence-corrected chi connectivity index (χ1v) is 8.38. The van der Waals surface area contributed by atoms with Gasteiger partial charge in [0.1, 0.15) is 5.75 Å². The summed E-state index contributed by atoms with van der Waals surface area (Å²) in [6.07, 6.45) is 0. The molecule has 27 heavy (non-hydrogen) atoms. The highest BCUT2D eigenvalue weighted by Gasteiger charge is 2.16. The third kappa shape index (κ3) is 2.75. The molecule has 4 rings (SSSR count). The molecule has 6 nitrogen and oxygen atoms in total. The molecule has 2 aromatic heterocycles. The number of nitrogens with zero attached hydrogens (tertiary/aromatic N) is 3. The molecule has 0 amide bonds. The summed E-state index contributed by atoms with van der Waals surface area (Å²) in [6.45, 7) is 1.92. The maximum Gasteiger partial charge on any atom is 0.273 e. The van der Waals surface area contributed by atoms with Gasteiger partial charge in [-0.3, -0.25) is 9.89 Å². The van der Waals surface area contributed by atoms with E-state index in [-0.39, 0.29) is 5.56 Å². The monoisotopic (exact) mass is 356 g/mol. The first-order valence-electron chi connectivity index (χ1n) is 8.38. The Kier molecular flexibility index (Phi) is 3.98. The molecule has 2 aromatic carbocycles. The molecular formula is C21H16N4O2. The van der Waals surface area contributed by atoms with Gasteiger partial charge in [0.05, 0.1) is 30.1 Å². The summed E-state index contributed by atoms with van der Waals surface area (Å²) in [5, 5.41) is 12.1. The number of para-hydroxylation sites is 1. The number of rotatable bonds is 3. The summed E-state index contributed by atoms with van der Waals surface area (Å²) in [5.41, 5.74) is 4.77. The van der Waals surface area contributed by atoms with Crippen molar-refractivity contribution in [2.45, 2.75) is 6.92 Å². The molecule has 4 aromatic rings. The fourth-order valence-electron chi connectivity index (χ4n) is 3.13. The molecule has 0 aliphatic carbocycles. The number of hydrogen-bond donors (Lipinski definition) is 1. The van der Waals surface area contributed by atoms with Crippen LogP contribution in [0.1, 0.15) is 11.1 Å². The quantitative estimate of drug-likeness (QED) is 0.608. The average molecular weight is 356 g/mol. The molecule has 0 aliphatic rings. The molecule has 0 aliphatic heterocycles. The zero-order valence-corrected chi connectivity index (χ0v) is 14.9. The predicted molar refractivity (Wildman–Crippen MR) is 103 cm³/mol. The lowest BCUT2D eigenvalue weighted by atomic mass is 10.1. The third-order valence-electron chi connectivity index (χ3n) is 4.54. The number of benzene rings is 2. The van der Waals surface area contributed by atoms with Crippen molar-refractivity contribution in [1.29, 1.82) is 5.26 Å². The molecule has 6 heteroatoms. The molecule has 0 saturated heterocycles. The van der Waals surface area contributed by atoms with Crippen LogP contribution < -0.4 is 10.3 Å². The van der Waals surface area contributed by atoms with Gasteiger partial charge >= 0.3 is 0 Å². The Balaban J connectivity index is 1.92. The minimum atomic E-state index is -0.205. The van der Waals surface area contributed by atoms with Crippen molar-refractivity contribution in [1.82, 2.24) is 14.6 Å². The maximum atomic E-state index is 12.7. The number of ether oxygens (including phenoxy) is 1. The Bertz CT molecular complexity index is 1240. The van der Waals surface area contributed by atoms with Gasteiger partial charge in [-0.1, -0.05) is 24.3 Å². The SMILES string of the molecule is COc1ccccc1-c1[nH]n2c(=O)cc(-c3ccc(C#N)cc3)nc2c1C. The van der Waals surface area contributed by atoms with E-state index in [0.29, 0.717) is 22.7 Å². The molecular weight excluding hydrogens is 340 g/mol. The van der Waals surface area contributed by atoms with Crippen molar-refractivity contribution in [3.63, 3.8) is 0 Å². The van der Waals surface area contributed by atoms with Crippen molar-refractivity contribution in [2.24, 2.45) is 0 Å². The fraction of sp³-hybridized carbons (Fsp3) is 0.0952. The summed E-state index contributed by atoms with van der Waals surface area (Å²) in [5.74, 6) is 0.715. The van der Waals surface area contributed by atoms with Gasteiger partial charge in [-0.25, -0.2) is 9.50 Å². The maximum absolute atomic E-state index is 12.7. The van der Waals surface area contributed by atoms with Crippen LogP contribution in [0.3, 0.4) is 0 Å². The van der Waals surface area contributed by atoms with Crippen LogP contribution in [0, 0.1) is 18.3 Å². The molecule has 0 saturated carbocycles. The van der Waals surface area contributed by atoms with Crippen molar-refractivity contribution in [3.05, 3.63) is 76.1 Å². The highest BCUT2D eigenvalue weighted by molar-refractivity contribution is 5.75. The molecule has 132 valence electrons. The smallest absolute Gasteiger partial charge is 0.273 e. The molecule has 0 fully saturated rings. The van der Waals surface area contributed by atoms with Crippen molar-refractivity contribution in [3.8, 4) is 34.3 Å². The number of fused-ring (bicyclic) bond motifs is 1. The van der Waals surface area contributed by atoms with Crippen LogP contribution in [0.5, 0.6) is 5.75 Å². The second-order valence-electron chi connectivity index (χ2n) is 6.14. The Morgan fingerprint density at radius 1 is 1.15 bits per heavy atom. The van der Waals surface area contributed by atoms with Crippen molar-refractivity contribution in [2.75, 3.05) is 7.11 Å². The summed E-state index contributed by atoms with van der Waals surface area (Å²) >= 11 is 0. The van der Waals surface area contributed by atoms with Crippen molar-refractivity contribution < 1.29 is 4.74 Å². The highest BCUT2D eigenvalue weighted by Crippen LogP contribution is 2.32. The number of aromatic amines is 1. The number of H-pyrrole nitrogens is 1. The van der Waals surface area contributed by atoms with Gasteiger partial charge in [0.25, 0.3) is 5.56 Å². The van der Waals surface area contributed by atoms with Crippen LogP contribution in [-0.4, -0.2) is 21.7 Å². The highest BCUT2D eigenvalue weighted by atomic mass is 16.5. The summed E-state index contributed by atoms with van der Waals surface area (Å²) in [4.78, 5) is 17.3. The number of aryl methyl sites for hydroxylation is 1. The van der Waals surface area contributed by atoms with Gasteiger partial charge < -0.3 is 4.74 Å². The molecule has 0 spiro atoms. The van der Waals surface area contributed by atoms with E-state index in [1.54, 1.807) is 31.4 Å². The van der Waals surface area contributed by atoms with E-state index in [4.69, 9.17) is 10.00 Å². The first-order chi connectivity index (χ1) is 13.1. The molecule has 1 N–H and O–H groups in total. The van der Waals surface area contributed by atoms with Gasteiger partial charge in [-0.15, -0.1) is 0 Å². The summed E-state index contributed by atoms with van der Waals surface area (Å²) in [6, 6.07) is 18.2. The number of methoxy groups -OCH3 is 1. The number of hydrogen-bond acceptors (Lipinski definition) is 4. The van der Waals surface area contributed by atoms with E-state index in [9.17, 15) is 4.79 Å². The zero-order chi connectivity index (χ0) is 19.0. The Morgan fingerprint density at radius 2 is 1.89 bits per heavy atom. The van der Waals surface area contributed by atoms with Gasteiger partial charge in [0.2, 0.25) is 0 Å².